The molecule has 1 aliphatic heterocycles. The summed E-state index contributed by atoms with van der Waals surface area (Å²) in [5.74, 6) is 1.36. The summed E-state index contributed by atoms with van der Waals surface area (Å²) in [6, 6.07) is 0. The Morgan fingerprint density at radius 3 is 2.48 bits per heavy atom. The van der Waals surface area contributed by atoms with Gasteiger partial charge in [-0.25, -0.2) is 9.97 Å². The van der Waals surface area contributed by atoms with Crippen molar-refractivity contribution in [3.63, 3.8) is 0 Å². The molecule has 0 amide bonds. The van der Waals surface area contributed by atoms with E-state index in [4.69, 9.17) is 15.2 Å². The summed E-state index contributed by atoms with van der Waals surface area (Å²) in [5.41, 5.74) is 6.68. The molecule has 0 saturated carbocycles. The van der Waals surface area contributed by atoms with Crippen LogP contribution in [-0.4, -0.2) is 74.5 Å². The van der Waals surface area contributed by atoms with Crippen LogP contribution in [0.4, 0.5) is 17.3 Å². The average molecular weight is 324 g/mol. The summed E-state index contributed by atoms with van der Waals surface area (Å²) in [7, 11) is 1.69. The predicted molar refractivity (Wildman–Crippen MR) is 91.8 cm³/mol. The van der Waals surface area contributed by atoms with Gasteiger partial charge < -0.3 is 25.8 Å². The van der Waals surface area contributed by atoms with E-state index in [0.29, 0.717) is 23.9 Å². The molecule has 23 heavy (non-hydrogen) atoms. The van der Waals surface area contributed by atoms with Crippen molar-refractivity contribution in [3.05, 3.63) is 6.33 Å². The highest BCUT2D eigenvalue weighted by molar-refractivity contribution is 5.73. The van der Waals surface area contributed by atoms with Crippen LogP contribution < -0.4 is 16.4 Å². The Balaban J connectivity index is 1.71. The van der Waals surface area contributed by atoms with E-state index in [1.807, 2.05) is 0 Å². The summed E-state index contributed by atoms with van der Waals surface area (Å²) < 4.78 is 10.4. The molecule has 1 saturated heterocycles. The minimum atomic E-state index is 0.566. The number of nitrogen functional groups attached to an aromatic ring is 1. The van der Waals surface area contributed by atoms with Gasteiger partial charge in [-0.3, -0.25) is 4.90 Å². The number of morpholine rings is 1. The summed E-state index contributed by atoms with van der Waals surface area (Å²) in [4.78, 5) is 10.8. The fourth-order valence-corrected chi connectivity index (χ4v) is 2.43. The van der Waals surface area contributed by atoms with Crippen LogP contribution in [0, 0.1) is 0 Å². The maximum atomic E-state index is 6.11. The van der Waals surface area contributed by atoms with Crippen molar-refractivity contribution in [3.8, 4) is 0 Å². The van der Waals surface area contributed by atoms with Gasteiger partial charge in [0.25, 0.3) is 0 Å². The molecule has 0 unspecified atom stereocenters. The van der Waals surface area contributed by atoms with E-state index >= 15 is 0 Å². The van der Waals surface area contributed by atoms with E-state index in [2.05, 4.69) is 25.5 Å². The molecular weight excluding hydrogens is 296 g/mol. The number of nitrogens with two attached hydrogens (primary N) is 1. The molecule has 0 aliphatic carbocycles. The summed E-state index contributed by atoms with van der Waals surface area (Å²) in [6.07, 6.45) is 3.47. The van der Waals surface area contributed by atoms with Crippen LogP contribution in [0.2, 0.25) is 0 Å². The zero-order valence-corrected chi connectivity index (χ0v) is 13.9. The molecule has 1 aromatic heterocycles. The van der Waals surface area contributed by atoms with Crippen LogP contribution in [0.25, 0.3) is 0 Å². The molecule has 1 aliphatic rings. The second-order valence-corrected chi connectivity index (χ2v) is 5.49. The number of nitrogens with zero attached hydrogens (tertiary/aromatic N) is 3. The Hall–Kier alpha value is -1.64. The molecule has 0 spiro atoms. The van der Waals surface area contributed by atoms with Gasteiger partial charge in [0.05, 0.1) is 13.2 Å². The molecule has 1 aromatic rings. The number of hydrogen-bond donors (Lipinski definition) is 3. The van der Waals surface area contributed by atoms with Gasteiger partial charge in [0, 0.05) is 39.9 Å². The first-order chi connectivity index (χ1) is 11.3. The zero-order chi connectivity index (χ0) is 16.3. The van der Waals surface area contributed by atoms with Crippen molar-refractivity contribution in [1.29, 1.82) is 0 Å². The van der Waals surface area contributed by atoms with Crippen molar-refractivity contribution in [2.24, 2.45) is 0 Å². The summed E-state index contributed by atoms with van der Waals surface area (Å²) in [5, 5.41) is 6.51. The molecule has 2 heterocycles. The molecule has 0 aromatic carbocycles. The van der Waals surface area contributed by atoms with Gasteiger partial charge in [0.1, 0.15) is 12.0 Å². The molecular formula is C15H28N6O2. The van der Waals surface area contributed by atoms with E-state index in [9.17, 15) is 0 Å². The molecule has 2 rings (SSSR count). The number of ether oxygens (including phenoxy) is 2. The lowest BCUT2D eigenvalue weighted by molar-refractivity contribution is 0.0378. The van der Waals surface area contributed by atoms with Crippen molar-refractivity contribution in [2.45, 2.75) is 12.8 Å². The first-order valence-electron chi connectivity index (χ1n) is 8.18. The monoisotopic (exact) mass is 324 g/mol. The van der Waals surface area contributed by atoms with Crippen LogP contribution in [0.15, 0.2) is 6.33 Å². The van der Waals surface area contributed by atoms with Crippen LogP contribution >= 0.6 is 0 Å². The van der Waals surface area contributed by atoms with Gasteiger partial charge in [-0.2, -0.15) is 0 Å². The van der Waals surface area contributed by atoms with E-state index < -0.39 is 0 Å². The van der Waals surface area contributed by atoms with Crippen molar-refractivity contribution >= 4 is 17.3 Å². The molecule has 130 valence electrons. The third-order valence-electron chi connectivity index (χ3n) is 3.75. The second-order valence-electron chi connectivity index (χ2n) is 5.49. The first kappa shape index (κ1) is 17.7. The lowest BCUT2D eigenvalue weighted by atomic mass is 10.3. The number of nitrogens with one attached hydrogen (secondary N) is 2. The number of aromatic nitrogens is 2. The highest BCUT2D eigenvalue weighted by Gasteiger charge is 2.10. The van der Waals surface area contributed by atoms with Crippen LogP contribution in [-0.2, 0) is 9.47 Å². The van der Waals surface area contributed by atoms with Crippen molar-refractivity contribution in [2.75, 3.05) is 76.0 Å². The molecule has 1 fully saturated rings. The smallest absolute Gasteiger partial charge is 0.154 e. The van der Waals surface area contributed by atoms with Crippen molar-refractivity contribution in [1.82, 2.24) is 14.9 Å². The second kappa shape index (κ2) is 10.2. The number of rotatable bonds is 10. The van der Waals surface area contributed by atoms with Gasteiger partial charge >= 0.3 is 0 Å². The molecule has 8 nitrogen and oxygen atoms in total. The number of methoxy groups -OCH3 is 1. The number of anilines is 3. The maximum absolute atomic E-state index is 6.11. The fourth-order valence-electron chi connectivity index (χ4n) is 2.43. The highest BCUT2D eigenvalue weighted by Crippen LogP contribution is 2.22. The first-order valence-corrected chi connectivity index (χ1v) is 8.18. The molecule has 4 N–H and O–H groups in total. The van der Waals surface area contributed by atoms with Gasteiger partial charge in [-0.1, -0.05) is 0 Å². The van der Waals surface area contributed by atoms with Gasteiger partial charge in [0.15, 0.2) is 11.6 Å². The Morgan fingerprint density at radius 2 is 1.83 bits per heavy atom. The molecule has 0 radical (unpaired) electrons. The third kappa shape index (κ3) is 6.17. The van der Waals surface area contributed by atoms with Gasteiger partial charge in [-0.15, -0.1) is 0 Å². The van der Waals surface area contributed by atoms with Crippen LogP contribution in [0.1, 0.15) is 12.8 Å². The molecule has 0 bridgehead atoms. The summed E-state index contributed by atoms with van der Waals surface area (Å²) >= 11 is 0. The maximum Gasteiger partial charge on any atom is 0.154 e. The fraction of sp³-hybridized carbons (Fsp3) is 0.733. The average Bonchev–Trinajstić information content (AvgIpc) is 2.59. The topological polar surface area (TPSA) is 97.6 Å². The predicted octanol–water partition coefficient (Wildman–Crippen LogP) is 0.641. The highest BCUT2D eigenvalue weighted by atomic mass is 16.5. The van der Waals surface area contributed by atoms with Crippen LogP contribution in [0.3, 0.4) is 0 Å². The van der Waals surface area contributed by atoms with E-state index in [1.54, 1.807) is 7.11 Å². The largest absolute Gasteiger partial charge is 0.393 e. The van der Waals surface area contributed by atoms with Gasteiger partial charge in [-0.05, 0) is 19.4 Å². The Bertz CT molecular complexity index is 454. The SMILES string of the molecule is COCCCNc1ncnc(NCCCN2CCOCC2)c1N. The van der Waals surface area contributed by atoms with E-state index in [1.165, 1.54) is 6.33 Å². The van der Waals surface area contributed by atoms with Crippen molar-refractivity contribution < 1.29 is 9.47 Å². The minimum absolute atomic E-state index is 0.566. The lowest BCUT2D eigenvalue weighted by Crippen LogP contribution is -2.37. The minimum Gasteiger partial charge on any atom is -0.393 e. The normalized spacial score (nSPS) is 15.5. The molecule has 8 heteroatoms. The summed E-state index contributed by atoms with van der Waals surface area (Å²) in [6.45, 7) is 7.09. The zero-order valence-electron chi connectivity index (χ0n) is 13.9. The van der Waals surface area contributed by atoms with Crippen LogP contribution in [0.5, 0.6) is 0 Å². The number of hydrogen-bond acceptors (Lipinski definition) is 8. The Labute approximate surface area is 137 Å². The quantitative estimate of drug-likeness (QED) is 0.540. The molecule has 0 atom stereocenters. The Morgan fingerprint density at radius 1 is 1.17 bits per heavy atom. The van der Waals surface area contributed by atoms with E-state index in [0.717, 1.165) is 58.8 Å². The van der Waals surface area contributed by atoms with E-state index in [-0.39, 0.29) is 0 Å². The third-order valence-corrected chi connectivity index (χ3v) is 3.75. The lowest BCUT2D eigenvalue weighted by Gasteiger charge is -2.26. The van der Waals surface area contributed by atoms with Gasteiger partial charge in [0.2, 0.25) is 0 Å². The Kier molecular flexibility index (Phi) is 7.85. The standard InChI is InChI=1S/C15H28N6O2/c1-22-9-3-5-18-15-13(16)14(19-12-20-15)17-4-2-6-21-7-10-23-11-8-21/h12H,2-11,16H2,1H3,(H2,17,18,19,20).